The van der Waals surface area contributed by atoms with Crippen molar-refractivity contribution in [1.29, 1.82) is 0 Å². The topological polar surface area (TPSA) is 143 Å². The molecule has 0 aromatic carbocycles. The SMILES string of the molecule is C/C=C1\NC(=O)[C@@H](C)NC(=O)[C@@H](C(C)C)NC(=O)C[C@@H](CCC)OC(=O)[C@H](C(C)C)NC1=O. The Balaban J connectivity index is 3.33. The number of ether oxygens (including phenoxy) is 1. The van der Waals surface area contributed by atoms with E-state index < -0.39 is 53.8 Å². The molecule has 1 aliphatic heterocycles. The normalized spacial score (nSPS) is 27.7. The summed E-state index contributed by atoms with van der Waals surface area (Å²) in [4.78, 5) is 63.7. The molecule has 10 heteroatoms. The summed E-state index contributed by atoms with van der Waals surface area (Å²) in [7, 11) is 0. The van der Waals surface area contributed by atoms with Crippen LogP contribution in [0.4, 0.5) is 0 Å². The van der Waals surface area contributed by atoms with E-state index >= 15 is 0 Å². The van der Waals surface area contributed by atoms with Gasteiger partial charge in [-0.05, 0) is 32.1 Å². The van der Waals surface area contributed by atoms with Crippen molar-refractivity contribution >= 4 is 29.6 Å². The first-order valence-corrected chi connectivity index (χ1v) is 11.5. The molecule has 4 atom stereocenters. The zero-order valence-corrected chi connectivity index (χ0v) is 20.6. The minimum atomic E-state index is -0.972. The van der Waals surface area contributed by atoms with Gasteiger partial charge in [-0.1, -0.05) is 47.1 Å². The summed E-state index contributed by atoms with van der Waals surface area (Å²) >= 11 is 0. The van der Waals surface area contributed by atoms with Crippen LogP contribution in [0.3, 0.4) is 0 Å². The first-order valence-electron chi connectivity index (χ1n) is 11.5. The Morgan fingerprint density at radius 2 is 1.55 bits per heavy atom. The number of rotatable bonds is 4. The van der Waals surface area contributed by atoms with E-state index in [2.05, 4.69) is 21.3 Å². The van der Waals surface area contributed by atoms with E-state index in [9.17, 15) is 24.0 Å². The molecule has 1 heterocycles. The van der Waals surface area contributed by atoms with Crippen LogP contribution in [0.25, 0.3) is 0 Å². The van der Waals surface area contributed by atoms with E-state index in [0.717, 1.165) is 0 Å². The molecule has 0 bridgehead atoms. The highest BCUT2D eigenvalue weighted by atomic mass is 16.5. The Morgan fingerprint density at radius 1 is 0.939 bits per heavy atom. The lowest BCUT2D eigenvalue weighted by atomic mass is 10.0. The van der Waals surface area contributed by atoms with Crippen LogP contribution in [-0.4, -0.2) is 53.8 Å². The Morgan fingerprint density at radius 3 is 2.06 bits per heavy atom. The summed E-state index contributed by atoms with van der Waals surface area (Å²) in [5.74, 6) is -3.45. The van der Waals surface area contributed by atoms with Crippen molar-refractivity contribution in [3.05, 3.63) is 11.8 Å². The fraction of sp³-hybridized carbons (Fsp3) is 0.696. The van der Waals surface area contributed by atoms with Crippen molar-refractivity contribution in [3.8, 4) is 0 Å². The summed E-state index contributed by atoms with van der Waals surface area (Å²) < 4.78 is 5.59. The molecular formula is C23H38N4O6. The first kappa shape index (κ1) is 28.1. The maximum Gasteiger partial charge on any atom is 0.329 e. The van der Waals surface area contributed by atoms with Crippen molar-refractivity contribution in [2.45, 2.75) is 92.0 Å². The zero-order chi connectivity index (χ0) is 25.3. The third kappa shape index (κ3) is 8.51. The van der Waals surface area contributed by atoms with E-state index in [1.165, 1.54) is 13.0 Å². The number of cyclic esters (lactones) is 1. The van der Waals surface area contributed by atoms with Gasteiger partial charge >= 0.3 is 5.97 Å². The minimum absolute atomic E-state index is 0.0505. The molecular weight excluding hydrogens is 428 g/mol. The Labute approximate surface area is 195 Å². The van der Waals surface area contributed by atoms with Gasteiger partial charge in [0.25, 0.3) is 5.91 Å². The lowest BCUT2D eigenvalue weighted by Gasteiger charge is -2.27. The molecule has 0 saturated carbocycles. The Kier molecular flexibility index (Phi) is 11.0. The number of esters is 1. The van der Waals surface area contributed by atoms with E-state index in [1.807, 2.05) is 6.92 Å². The van der Waals surface area contributed by atoms with Crippen molar-refractivity contribution in [1.82, 2.24) is 21.3 Å². The van der Waals surface area contributed by atoms with Gasteiger partial charge in [0, 0.05) is 0 Å². The monoisotopic (exact) mass is 466 g/mol. The second-order valence-electron chi connectivity index (χ2n) is 8.96. The number of allylic oxidation sites excluding steroid dienone is 1. The van der Waals surface area contributed by atoms with Crippen LogP contribution in [0.15, 0.2) is 11.8 Å². The smallest absolute Gasteiger partial charge is 0.329 e. The number of nitrogens with one attached hydrogen (secondary N) is 4. The molecule has 10 nitrogen and oxygen atoms in total. The van der Waals surface area contributed by atoms with Crippen LogP contribution in [0.2, 0.25) is 0 Å². The van der Waals surface area contributed by atoms with Crippen LogP contribution in [-0.2, 0) is 28.7 Å². The number of carbonyl (C=O) groups is 5. The van der Waals surface area contributed by atoms with E-state index in [-0.39, 0.29) is 24.0 Å². The summed E-state index contributed by atoms with van der Waals surface area (Å²) in [6.45, 7) is 12.0. The maximum absolute atomic E-state index is 12.9. The molecule has 1 fully saturated rings. The highest BCUT2D eigenvalue weighted by molar-refractivity contribution is 6.01. The van der Waals surface area contributed by atoms with Crippen molar-refractivity contribution in [2.24, 2.45) is 11.8 Å². The van der Waals surface area contributed by atoms with E-state index in [1.54, 1.807) is 34.6 Å². The summed E-state index contributed by atoms with van der Waals surface area (Å²) in [5, 5.41) is 10.4. The summed E-state index contributed by atoms with van der Waals surface area (Å²) in [6.07, 6.45) is 1.70. The fourth-order valence-corrected chi connectivity index (χ4v) is 3.32. The average molecular weight is 467 g/mol. The van der Waals surface area contributed by atoms with Gasteiger partial charge in [-0.3, -0.25) is 19.2 Å². The Bertz CT molecular complexity index is 777. The quantitative estimate of drug-likeness (QED) is 0.358. The molecule has 1 rings (SSSR count). The molecule has 0 aromatic rings. The third-order valence-electron chi connectivity index (χ3n) is 5.32. The average Bonchev–Trinajstić information content (AvgIpc) is 2.72. The molecule has 33 heavy (non-hydrogen) atoms. The van der Waals surface area contributed by atoms with Crippen LogP contribution < -0.4 is 21.3 Å². The van der Waals surface area contributed by atoms with Gasteiger partial charge < -0.3 is 26.0 Å². The number of hydrogen-bond acceptors (Lipinski definition) is 6. The predicted octanol–water partition coefficient (Wildman–Crippen LogP) is 0.908. The van der Waals surface area contributed by atoms with Gasteiger partial charge in [-0.2, -0.15) is 0 Å². The van der Waals surface area contributed by atoms with Gasteiger partial charge in [0.15, 0.2) is 0 Å². The second-order valence-corrected chi connectivity index (χ2v) is 8.96. The second kappa shape index (κ2) is 13.0. The minimum Gasteiger partial charge on any atom is -0.460 e. The van der Waals surface area contributed by atoms with Crippen molar-refractivity contribution in [2.75, 3.05) is 0 Å². The molecule has 0 radical (unpaired) electrons. The highest BCUT2D eigenvalue weighted by Gasteiger charge is 2.32. The standard InChI is InChI=1S/C23H38N4O6/c1-8-10-15-11-17(28)26-18(12(3)4)22(31)24-14(7)20(29)25-16(9-2)21(30)27-19(13(5)6)23(32)33-15/h9,12-15,18-19H,8,10-11H2,1-7H3,(H,24,31)(H,25,29)(H,26,28)(H,27,30)/b16-9-/t14-,15-,18-,19+/m1/s1. The van der Waals surface area contributed by atoms with Crippen LogP contribution in [0, 0.1) is 11.8 Å². The molecule has 0 aromatic heterocycles. The van der Waals surface area contributed by atoms with Gasteiger partial charge in [-0.15, -0.1) is 0 Å². The molecule has 4 N–H and O–H groups in total. The van der Waals surface area contributed by atoms with Gasteiger partial charge in [0.2, 0.25) is 17.7 Å². The van der Waals surface area contributed by atoms with Gasteiger partial charge in [0.05, 0.1) is 6.42 Å². The molecule has 0 unspecified atom stereocenters. The number of carbonyl (C=O) groups excluding carboxylic acids is 5. The summed E-state index contributed by atoms with van der Waals surface area (Å²) in [5.41, 5.74) is -0.0505. The van der Waals surface area contributed by atoms with E-state index in [4.69, 9.17) is 4.74 Å². The number of amides is 4. The van der Waals surface area contributed by atoms with E-state index in [0.29, 0.717) is 12.8 Å². The molecule has 186 valence electrons. The molecule has 1 saturated heterocycles. The first-order chi connectivity index (χ1) is 15.4. The largest absolute Gasteiger partial charge is 0.460 e. The molecule has 1 aliphatic rings. The molecule has 0 aliphatic carbocycles. The van der Waals surface area contributed by atoms with Crippen molar-refractivity contribution < 1.29 is 28.7 Å². The van der Waals surface area contributed by atoms with Gasteiger partial charge in [-0.25, -0.2) is 4.79 Å². The maximum atomic E-state index is 12.9. The third-order valence-corrected chi connectivity index (χ3v) is 5.32. The van der Waals surface area contributed by atoms with Gasteiger partial charge in [0.1, 0.15) is 29.9 Å². The van der Waals surface area contributed by atoms with Crippen molar-refractivity contribution in [3.63, 3.8) is 0 Å². The lowest BCUT2D eigenvalue weighted by Crippen LogP contribution is -2.56. The zero-order valence-electron chi connectivity index (χ0n) is 20.6. The Hall–Kier alpha value is -2.91. The highest BCUT2D eigenvalue weighted by Crippen LogP contribution is 2.14. The van der Waals surface area contributed by atoms with Crippen LogP contribution in [0.1, 0.15) is 67.7 Å². The molecule has 0 spiro atoms. The number of hydrogen-bond donors (Lipinski definition) is 4. The predicted molar refractivity (Wildman–Crippen MR) is 122 cm³/mol. The van der Waals surface area contributed by atoms with Crippen LogP contribution >= 0.6 is 0 Å². The lowest BCUT2D eigenvalue weighted by molar-refractivity contribution is -0.155. The van der Waals surface area contributed by atoms with Crippen LogP contribution in [0.5, 0.6) is 0 Å². The summed E-state index contributed by atoms with van der Waals surface area (Å²) in [6, 6.07) is -2.82. The fourth-order valence-electron chi connectivity index (χ4n) is 3.32. The molecule has 4 amide bonds.